The van der Waals surface area contributed by atoms with Crippen molar-refractivity contribution in [2.24, 2.45) is 0 Å². The SMILES string of the molecule is c1ccc(-c2ccc(N(c3ccc4c(c3)sc3ccccc34)c3ccc4oc5ccc6oc(-c7ccccc7)nc6c5c4c3)cc2)cc1. The molecule has 0 fully saturated rings. The van der Waals surface area contributed by atoms with Gasteiger partial charge < -0.3 is 13.7 Å². The van der Waals surface area contributed by atoms with Gasteiger partial charge in [0.15, 0.2) is 5.58 Å². The van der Waals surface area contributed by atoms with Crippen molar-refractivity contribution in [1.82, 2.24) is 4.98 Å². The van der Waals surface area contributed by atoms with Crippen LogP contribution in [0.4, 0.5) is 17.1 Å². The van der Waals surface area contributed by atoms with Crippen LogP contribution in [-0.2, 0) is 0 Å². The highest BCUT2D eigenvalue weighted by molar-refractivity contribution is 7.25. The molecule has 10 aromatic rings. The van der Waals surface area contributed by atoms with Crippen LogP contribution in [0, 0.1) is 0 Å². The molecule has 0 saturated carbocycles. The number of thiophene rings is 1. The lowest BCUT2D eigenvalue weighted by Crippen LogP contribution is -2.09. The zero-order valence-electron chi connectivity index (χ0n) is 25.6. The third-order valence-electron chi connectivity index (χ3n) is 9.11. The molecule has 0 amide bonds. The van der Waals surface area contributed by atoms with Gasteiger partial charge >= 0.3 is 0 Å². The summed E-state index contributed by atoms with van der Waals surface area (Å²) in [6.07, 6.45) is 0. The first-order valence-electron chi connectivity index (χ1n) is 15.9. The normalized spacial score (nSPS) is 11.8. The topological polar surface area (TPSA) is 42.4 Å². The maximum atomic E-state index is 6.38. The van der Waals surface area contributed by atoms with Crippen LogP contribution in [0.25, 0.3) is 75.8 Å². The maximum absolute atomic E-state index is 6.38. The van der Waals surface area contributed by atoms with E-state index in [2.05, 4.69) is 120 Å². The Morgan fingerprint density at radius 3 is 1.90 bits per heavy atom. The van der Waals surface area contributed by atoms with Crippen LogP contribution < -0.4 is 4.90 Å². The van der Waals surface area contributed by atoms with Gasteiger partial charge in [-0.3, -0.25) is 0 Å². The summed E-state index contributed by atoms with van der Waals surface area (Å²) < 4.78 is 15.2. The van der Waals surface area contributed by atoms with E-state index in [0.717, 1.165) is 55.7 Å². The number of rotatable bonds is 5. The highest BCUT2D eigenvalue weighted by Gasteiger charge is 2.20. The summed E-state index contributed by atoms with van der Waals surface area (Å²) >= 11 is 1.83. The van der Waals surface area contributed by atoms with Gasteiger partial charge in [-0.05, 0) is 83.9 Å². The Morgan fingerprint density at radius 2 is 1.06 bits per heavy atom. The zero-order valence-corrected chi connectivity index (χ0v) is 26.4. The van der Waals surface area contributed by atoms with Gasteiger partial charge in [-0.2, -0.15) is 0 Å². The van der Waals surface area contributed by atoms with Crippen LogP contribution in [-0.4, -0.2) is 4.98 Å². The zero-order chi connectivity index (χ0) is 31.6. The van der Waals surface area contributed by atoms with Crippen LogP contribution in [0.15, 0.2) is 167 Å². The fraction of sp³-hybridized carbons (Fsp3) is 0. The van der Waals surface area contributed by atoms with Gasteiger partial charge in [0.25, 0.3) is 0 Å². The summed E-state index contributed by atoms with van der Waals surface area (Å²) in [6, 6.07) is 55.1. The first kappa shape index (κ1) is 27.0. The van der Waals surface area contributed by atoms with Crippen molar-refractivity contribution in [1.29, 1.82) is 0 Å². The Hall–Kier alpha value is -6.17. The molecule has 48 heavy (non-hydrogen) atoms. The average Bonchev–Trinajstić information content (AvgIpc) is 3.85. The fourth-order valence-corrected chi connectivity index (χ4v) is 7.96. The highest BCUT2D eigenvalue weighted by atomic mass is 32.1. The van der Waals surface area contributed by atoms with E-state index in [9.17, 15) is 0 Å². The summed E-state index contributed by atoms with van der Waals surface area (Å²) in [5.74, 6) is 0.598. The lowest BCUT2D eigenvalue weighted by molar-refractivity contribution is 0.619. The van der Waals surface area contributed by atoms with Gasteiger partial charge in [-0.1, -0.05) is 84.9 Å². The summed E-state index contributed by atoms with van der Waals surface area (Å²) in [5.41, 5.74) is 9.63. The van der Waals surface area contributed by atoms with E-state index in [-0.39, 0.29) is 0 Å². The van der Waals surface area contributed by atoms with Crippen molar-refractivity contribution < 1.29 is 8.83 Å². The molecule has 3 heterocycles. The fourth-order valence-electron chi connectivity index (χ4n) is 6.82. The van der Waals surface area contributed by atoms with E-state index in [0.29, 0.717) is 5.89 Å². The second-order valence-corrected chi connectivity index (χ2v) is 13.1. The molecule has 0 atom stereocenters. The summed E-state index contributed by atoms with van der Waals surface area (Å²) in [4.78, 5) is 7.31. The standard InChI is InChI=1S/C43H26N2O2S/c1-3-9-27(10-4-1)28-15-17-30(18-16-28)45(32-19-21-34-33-13-7-8-14-39(33)48-40(34)26-32)31-20-22-36-35(25-31)41-37(46-36)23-24-38-42(41)44-43(47-38)29-11-5-2-6-12-29/h1-26H. The molecule has 7 aromatic carbocycles. The Bertz CT molecular complexity index is 2780. The second-order valence-electron chi connectivity index (χ2n) is 12.0. The van der Waals surface area contributed by atoms with E-state index in [1.54, 1.807) is 0 Å². The molecule has 0 aliphatic heterocycles. The minimum absolute atomic E-state index is 0.598. The summed E-state index contributed by atoms with van der Waals surface area (Å²) in [7, 11) is 0. The average molecular weight is 635 g/mol. The van der Waals surface area contributed by atoms with E-state index < -0.39 is 0 Å². The van der Waals surface area contributed by atoms with Gasteiger partial charge in [0, 0.05) is 48.2 Å². The molecule has 4 nitrogen and oxygen atoms in total. The van der Waals surface area contributed by atoms with Gasteiger partial charge in [-0.15, -0.1) is 11.3 Å². The minimum Gasteiger partial charge on any atom is -0.456 e. The Morgan fingerprint density at radius 1 is 0.438 bits per heavy atom. The number of anilines is 3. The summed E-state index contributed by atoms with van der Waals surface area (Å²) in [6.45, 7) is 0. The Kier molecular flexibility index (Phi) is 6.01. The van der Waals surface area contributed by atoms with Gasteiger partial charge in [-0.25, -0.2) is 4.98 Å². The van der Waals surface area contributed by atoms with Crippen LogP contribution >= 0.6 is 11.3 Å². The van der Waals surface area contributed by atoms with Crippen LogP contribution in [0.2, 0.25) is 0 Å². The molecular formula is C43H26N2O2S. The molecule has 0 N–H and O–H groups in total. The molecule has 10 rings (SSSR count). The second kappa shape index (κ2) is 10.7. The predicted octanol–water partition coefficient (Wildman–Crippen LogP) is 12.9. The number of oxazole rings is 1. The van der Waals surface area contributed by atoms with Crippen molar-refractivity contribution in [3.05, 3.63) is 158 Å². The molecule has 0 bridgehead atoms. The number of benzene rings is 7. The number of aromatic nitrogens is 1. The van der Waals surface area contributed by atoms with Gasteiger partial charge in [0.1, 0.15) is 16.7 Å². The molecule has 226 valence electrons. The quantitative estimate of drug-likeness (QED) is 0.189. The number of fused-ring (bicyclic) bond motifs is 8. The van der Waals surface area contributed by atoms with Crippen molar-refractivity contribution >= 4 is 81.6 Å². The Balaban J connectivity index is 1.17. The van der Waals surface area contributed by atoms with Crippen molar-refractivity contribution in [2.75, 3.05) is 4.90 Å². The number of furan rings is 1. The molecule has 3 aromatic heterocycles. The minimum atomic E-state index is 0.598. The monoisotopic (exact) mass is 634 g/mol. The number of hydrogen-bond acceptors (Lipinski definition) is 5. The molecule has 0 unspecified atom stereocenters. The van der Waals surface area contributed by atoms with Crippen LogP contribution in [0.1, 0.15) is 0 Å². The third-order valence-corrected chi connectivity index (χ3v) is 10.2. The molecular weight excluding hydrogens is 609 g/mol. The van der Waals surface area contributed by atoms with E-state index in [1.807, 2.05) is 53.8 Å². The molecule has 0 spiro atoms. The van der Waals surface area contributed by atoms with E-state index in [1.165, 1.54) is 31.3 Å². The Labute approximate surface area is 279 Å². The predicted molar refractivity (Wildman–Crippen MR) is 200 cm³/mol. The molecule has 5 heteroatoms. The number of hydrogen-bond donors (Lipinski definition) is 0. The van der Waals surface area contributed by atoms with Crippen molar-refractivity contribution in [3.63, 3.8) is 0 Å². The van der Waals surface area contributed by atoms with Crippen molar-refractivity contribution in [2.45, 2.75) is 0 Å². The van der Waals surface area contributed by atoms with Crippen LogP contribution in [0.5, 0.6) is 0 Å². The first-order chi connectivity index (χ1) is 23.8. The first-order valence-corrected chi connectivity index (χ1v) is 16.8. The highest BCUT2D eigenvalue weighted by Crippen LogP contribution is 2.43. The lowest BCUT2D eigenvalue weighted by atomic mass is 10.0. The molecule has 0 aliphatic rings. The third kappa shape index (κ3) is 4.33. The largest absolute Gasteiger partial charge is 0.456 e. The number of nitrogens with zero attached hydrogens (tertiary/aromatic N) is 2. The van der Waals surface area contributed by atoms with E-state index in [4.69, 9.17) is 13.8 Å². The van der Waals surface area contributed by atoms with Gasteiger partial charge in [0.05, 0.1) is 5.39 Å². The van der Waals surface area contributed by atoms with Crippen LogP contribution in [0.3, 0.4) is 0 Å². The lowest BCUT2D eigenvalue weighted by Gasteiger charge is -2.26. The van der Waals surface area contributed by atoms with Gasteiger partial charge in [0.2, 0.25) is 5.89 Å². The van der Waals surface area contributed by atoms with E-state index >= 15 is 0 Å². The maximum Gasteiger partial charge on any atom is 0.227 e. The molecule has 0 radical (unpaired) electrons. The molecule has 0 saturated heterocycles. The van der Waals surface area contributed by atoms with Crippen molar-refractivity contribution in [3.8, 4) is 22.6 Å². The molecule has 0 aliphatic carbocycles. The smallest absolute Gasteiger partial charge is 0.227 e. The summed E-state index contributed by atoms with van der Waals surface area (Å²) in [5, 5.41) is 4.52.